The van der Waals surface area contributed by atoms with Crippen molar-refractivity contribution in [3.05, 3.63) is 34.8 Å². The van der Waals surface area contributed by atoms with Gasteiger partial charge in [0.1, 0.15) is 6.61 Å². The molecule has 0 atom stereocenters. The quantitative estimate of drug-likeness (QED) is 0.906. The molecule has 0 radical (unpaired) electrons. The van der Waals surface area contributed by atoms with Crippen LogP contribution in [0, 0.1) is 6.92 Å². The smallest absolute Gasteiger partial charge is 0.180 e. The summed E-state index contributed by atoms with van der Waals surface area (Å²) >= 11 is 1.41. The summed E-state index contributed by atoms with van der Waals surface area (Å²) in [5.41, 5.74) is 7.51. The number of nitrogens with zero attached hydrogens (tertiary/aromatic N) is 1. The minimum atomic E-state index is 0.396. The van der Waals surface area contributed by atoms with Crippen molar-refractivity contribution < 1.29 is 9.47 Å². The van der Waals surface area contributed by atoms with Crippen LogP contribution in [0.3, 0.4) is 0 Å². The normalized spacial score (nSPS) is 10.2. The Morgan fingerprint density at radius 2 is 2.18 bits per heavy atom. The highest BCUT2D eigenvalue weighted by Crippen LogP contribution is 2.28. The summed E-state index contributed by atoms with van der Waals surface area (Å²) < 4.78 is 10.9. The molecule has 0 spiro atoms. The van der Waals surface area contributed by atoms with Gasteiger partial charge in [0.2, 0.25) is 0 Å². The van der Waals surface area contributed by atoms with Crippen LogP contribution in [0.1, 0.15) is 11.3 Å². The van der Waals surface area contributed by atoms with E-state index in [0.717, 1.165) is 17.0 Å². The van der Waals surface area contributed by atoms with Crippen molar-refractivity contribution in [2.45, 2.75) is 13.5 Å². The molecule has 1 aromatic carbocycles. The first-order valence-corrected chi connectivity index (χ1v) is 6.04. The topological polar surface area (TPSA) is 57.4 Å². The van der Waals surface area contributed by atoms with Crippen molar-refractivity contribution >= 4 is 16.5 Å². The number of hydrogen-bond acceptors (Lipinski definition) is 5. The number of rotatable bonds is 4. The van der Waals surface area contributed by atoms with Crippen LogP contribution in [0.25, 0.3) is 0 Å². The second kappa shape index (κ2) is 5.05. The first-order valence-electron chi connectivity index (χ1n) is 5.16. The maximum atomic E-state index is 5.65. The molecule has 17 heavy (non-hydrogen) atoms. The highest BCUT2D eigenvalue weighted by Gasteiger charge is 2.06. The van der Waals surface area contributed by atoms with Gasteiger partial charge < -0.3 is 15.2 Å². The summed E-state index contributed by atoms with van der Waals surface area (Å²) in [5, 5.41) is 2.44. The predicted octanol–water partition coefficient (Wildman–Crippen LogP) is 2.62. The number of ether oxygens (including phenoxy) is 2. The summed E-state index contributed by atoms with van der Waals surface area (Å²) in [6.45, 7) is 2.40. The second-order valence-corrected chi connectivity index (χ2v) is 4.51. The van der Waals surface area contributed by atoms with Gasteiger partial charge in [-0.2, -0.15) is 0 Å². The minimum Gasteiger partial charge on any atom is -0.493 e. The number of methoxy groups -OCH3 is 1. The largest absolute Gasteiger partial charge is 0.493 e. The van der Waals surface area contributed by atoms with Crippen LogP contribution in [-0.4, -0.2) is 12.1 Å². The number of aromatic nitrogens is 1. The number of thiazole rings is 1. The lowest BCUT2D eigenvalue weighted by Crippen LogP contribution is -1.98. The van der Waals surface area contributed by atoms with E-state index in [9.17, 15) is 0 Å². The van der Waals surface area contributed by atoms with E-state index in [1.165, 1.54) is 11.3 Å². The van der Waals surface area contributed by atoms with Crippen LogP contribution in [0.2, 0.25) is 0 Å². The van der Waals surface area contributed by atoms with Crippen LogP contribution in [-0.2, 0) is 6.61 Å². The molecule has 5 heteroatoms. The fourth-order valence-corrected chi connectivity index (χ4v) is 1.98. The molecule has 0 bridgehead atoms. The molecule has 1 aromatic heterocycles. The van der Waals surface area contributed by atoms with Crippen LogP contribution in [0.5, 0.6) is 11.5 Å². The monoisotopic (exact) mass is 250 g/mol. The molecule has 0 saturated carbocycles. The number of nitrogens with two attached hydrogens (primary N) is 1. The van der Waals surface area contributed by atoms with Gasteiger partial charge in [0.05, 0.1) is 12.8 Å². The van der Waals surface area contributed by atoms with Crippen molar-refractivity contribution in [3.63, 3.8) is 0 Å². The zero-order valence-electron chi connectivity index (χ0n) is 9.77. The molecule has 4 nitrogen and oxygen atoms in total. The molecule has 90 valence electrons. The molecule has 0 unspecified atom stereocenters. The summed E-state index contributed by atoms with van der Waals surface area (Å²) in [6.07, 6.45) is 0. The van der Waals surface area contributed by atoms with Crippen molar-refractivity contribution in [2.75, 3.05) is 12.8 Å². The Labute approximate surface area is 104 Å². The average molecular weight is 250 g/mol. The standard InChI is InChI=1S/C12H14N2O2S/c1-8-3-4-10(11(5-8)15-2)16-6-9-7-17-12(13)14-9/h3-5,7H,6H2,1-2H3,(H2,13,14). The number of benzene rings is 1. The molecule has 0 fully saturated rings. The Morgan fingerprint density at radius 1 is 1.35 bits per heavy atom. The van der Waals surface area contributed by atoms with E-state index in [1.54, 1.807) is 7.11 Å². The fraction of sp³-hybridized carbons (Fsp3) is 0.250. The summed E-state index contributed by atoms with van der Waals surface area (Å²) in [6, 6.07) is 5.81. The van der Waals surface area contributed by atoms with Gasteiger partial charge in [-0.1, -0.05) is 6.07 Å². The molecule has 0 aliphatic heterocycles. The molecule has 1 heterocycles. The van der Waals surface area contributed by atoms with Gasteiger partial charge in [0.25, 0.3) is 0 Å². The lowest BCUT2D eigenvalue weighted by atomic mass is 10.2. The molecular weight excluding hydrogens is 236 g/mol. The first kappa shape index (κ1) is 11.7. The van der Waals surface area contributed by atoms with Crippen molar-refractivity contribution in [3.8, 4) is 11.5 Å². The number of nitrogen functional groups attached to an aromatic ring is 1. The number of hydrogen-bond donors (Lipinski definition) is 1. The van der Waals surface area contributed by atoms with E-state index in [0.29, 0.717) is 17.5 Å². The summed E-state index contributed by atoms with van der Waals surface area (Å²) in [4.78, 5) is 4.13. The van der Waals surface area contributed by atoms with E-state index < -0.39 is 0 Å². The molecule has 2 aromatic rings. The molecule has 0 amide bonds. The number of aryl methyl sites for hydroxylation is 1. The fourth-order valence-electron chi connectivity index (χ4n) is 1.43. The van der Waals surface area contributed by atoms with E-state index >= 15 is 0 Å². The van der Waals surface area contributed by atoms with Crippen molar-refractivity contribution in [1.29, 1.82) is 0 Å². The predicted molar refractivity (Wildman–Crippen MR) is 68.6 cm³/mol. The van der Waals surface area contributed by atoms with Gasteiger partial charge in [-0.15, -0.1) is 11.3 Å². The second-order valence-electron chi connectivity index (χ2n) is 3.62. The maximum Gasteiger partial charge on any atom is 0.180 e. The number of anilines is 1. The summed E-state index contributed by atoms with van der Waals surface area (Å²) in [7, 11) is 1.63. The van der Waals surface area contributed by atoms with Crippen LogP contribution < -0.4 is 15.2 Å². The Balaban J connectivity index is 2.08. The highest BCUT2D eigenvalue weighted by molar-refractivity contribution is 7.13. The van der Waals surface area contributed by atoms with Gasteiger partial charge >= 0.3 is 0 Å². The first-order chi connectivity index (χ1) is 8.19. The van der Waals surface area contributed by atoms with Gasteiger partial charge in [-0.05, 0) is 24.6 Å². The van der Waals surface area contributed by atoms with Crippen LogP contribution in [0.4, 0.5) is 5.13 Å². The highest BCUT2D eigenvalue weighted by atomic mass is 32.1. The van der Waals surface area contributed by atoms with Gasteiger partial charge in [-0.3, -0.25) is 0 Å². The Kier molecular flexibility index (Phi) is 3.49. The molecule has 2 rings (SSSR count). The Morgan fingerprint density at radius 3 is 2.82 bits per heavy atom. The van der Waals surface area contributed by atoms with Gasteiger partial charge in [-0.25, -0.2) is 4.98 Å². The lowest BCUT2D eigenvalue weighted by Gasteiger charge is -2.10. The van der Waals surface area contributed by atoms with E-state index in [-0.39, 0.29) is 0 Å². The molecular formula is C12H14N2O2S. The minimum absolute atomic E-state index is 0.396. The Hall–Kier alpha value is -1.75. The van der Waals surface area contributed by atoms with Crippen LogP contribution in [0.15, 0.2) is 23.6 Å². The summed E-state index contributed by atoms with van der Waals surface area (Å²) in [5.74, 6) is 1.44. The van der Waals surface area contributed by atoms with Gasteiger partial charge in [0.15, 0.2) is 16.6 Å². The third-order valence-corrected chi connectivity index (χ3v) is 2.99. The molecule has 0 aliphatic carbocycles. The zero-order chi connectivity index (χ0) is 12.3. The molecule has 2 N–H and O–H groups in total. The van der Waals surface area contributed by atoms with E-state index in [2.05, 4.69) is 4.98 Å². The zero-order valence-corrected chi connectivity index (χ0v) is 10.6. The van der Waals surface area contributed by atoms with E-state index in [1.807, 2.05) is 30.5 Å². The lowest BCUT2D eigenvalue weighted by molar-refractivity contribution is 0.281. The molecule has 0 saturated heterocycles. The third kappa shape index (κ3) is 2.88. The SMILES string of the molecule is COc1cc(C)ccc1OCc1csc(N)n1. The maximum absolute atomic E-state index is 5.65. The third-order valence-electron chi connectivity index (χ3n) is 2.26. The average Bonchev–Trinajstić information content (AvgIpc) is 2.73. The Bertz CT molecular complexity index is 511. The van der Waals surface area contributed by atoms with Crippen molar-refractivity contribution in [2.24, 2.45) is 0 Å². The van der Waals surface area contributed by atoms with Crippen LogP contribution >= 0.6 is 11.3 Å². The van der Waals surface area contributed by atoms with Crippen molar-refractivity contribution in [1.82, 2.24) is 4.98 Å². The van der Waals surface area contributed by atoms with Gasteiger partial charge in [0, 0.05) is 5.38 Å². The molecule has 0 aliphatic rings. The van der Waals surface area contributed by atoms with E-state index in [4.69, 9.17) is 15.2 Å².